The van der Waals surface area contributed by atoms with E-state index < -0.39 is 9.84 Å². The van der Waals surface area contributed by atoms with Gasteiger partial charge in [-0.3, -0.25) is 4.79 Å². The van der Waals surface area contributed by atoms with Crippen molar-refractivity contribution in [1.29, 1.82) is 0 Å². The summed E-state index contributed by atoms with van der Waals surface area (Å²) in [5.74, 6) is 2.04. The molecule has 0 saturated heterocycles. The fraction of sp³-hybridized carbons (Fsp3) is 0.414. The molecule has 194 valence electrons. The Bertz CT molecular complexity index is 1380. The highest BCUT2D eigenvalue weighted by atomic mass is 32.2. The lowest BCUT2D eigenvalue weighted by Gasteiger charge is -2.37. The van der Waals surface area contributed by atoms with E-state index in [9.17, 15) is 13.2 Å². The SMILES string of the molecule is CCS(=O)(=O)c1ccc(CNC(=O)c2ccc3c(c2)CN(c2ncc(C4CC4)cn2)CC3C(C)C)cc1. The minimum atomic E-state index is -3.24. The molecule has 3 aromatic rings. The van der Waals surface area contributed by atoms with E-state index in [0.29, 0.717) is 41.3 Å². The van der Waals surface area contributed by atoms with Crippen LogP contribution >= 0.6 is 0 Å². The molecule has 1 atom stereocenters. The van der Waals surface area contributed by atoms with Crippen molar-refractivity contribution in [3.8, 4) is 0 Å². The number of rotatable bonds is 8. The minimum absolute atomic E-state index is 0.0639. The van der Waals surface area contributed by atoms with Crippen molar-refractivity contribution in [2.24, 2.45) is 5.92 Å². The van der Waals surface area contributed by atoms with Crippen LogP contribution in [0.5, 0.6) is 0 Å². The number of carbonyl (C=O) groups is 1. The fourth-order valence-corrected chi connectivity index (χ4v) is 5.85. The molecule has 0 bridgehead atoms. The van der Waals surface area contributed by atoms with E-state index in [2.05, 4.69) is 40.1 Å². The van der Waals surface area contributed by atoms with E-state index in [1.807, 2.05) is 24.5 Å². The lowest BCUT2D eigenvalue weighted by molar-refractivity contribution is 0.0950. The number of sulfone groups is 1. The summed E-state index contributed by atoms with van der Waals surface area (Å²) in [6.45, 7) is 7.92. The zero-order chi connectivity index (χ0) is 26.2. The first-order chi connectivity index (χ1) is 17.7. The van der Waals surface area contributed by atoms with Gasteiger partial charge in [-0.15, -0.1) is 0 Å². The van der Waals surface area contributed by atoms with Gasteiger partial charge in [0, 0.05) is 43.5 Å². The maximum absolute atomic E-state index is 13.0. The van der Waals surface area contributed by atoms with Crippen LogP contribution in [0.4, 0.5) is 5.95 Å². The van der Waals surface area contributed by atoms with E-state index in [-0.39, 0.29) is 11.7 Å². The molecule has 1 N–H and O–H groups in total. The van der Waals surface area contributed by atoms with E-state index in [1.54, 1.807) is 31.2 Å². The van der Waals surface area contributed by atoms with Crippen LogP contribution in [0, 0.1) is 5.92 Å². The third kappa shape index (κ3) is 5.54. The van der Waals surface area contributed by atoms with Gasteiger partial charge >= 0.3 is 0 Å². The van der Waals surface area contributed by atoms with Crippen molar-refractivity contribution in [1.82, 2.24) is 15.3 Å². The molecule has 1 saturated carbocycles. The number of benzene rings is 2. The Morgan fingerprint density at radius 3 is 2.41 bits per heavy atom. The number of carbonyl (C=O) groups excluding carboxylic acids is 1. The Labute approximate surface area is 219 Å². The molecule has 1 aliphatic carbocycles. The van der Waals surface area contributed by atoms with E-state index >= 15 is 0 Å². The van der Waals surface area contributed by atoms with Crippen molar-refractivity contribution in [2.45, 2.75) is 63.4 Å². The molecule has 2 heterocycles. The molecule has 37 heavy (non-hydrogen) atoms. The van der Waals surface area contributed by atoms with Gasteiger partial charge in [-0.25, -0.2) is 18.4 Å². The zero-order valence-electron chi connectivity index (χ0n) is 21.6. The van der Waals surface area contributed by atoms with Gasteiger partial charge in [-0.2, -0.15) is 0 Å². The molecule has 7 nitrogen and oxygen atoms in total. The van der Waals surface area contributed by atoms with E-state index in [1.165, 1.54) is 24.0 Å². The van der Waals surface area contributed by atoms with Gasteiger partial charge < -0.3 is 10.2 Å². The van der Waals surface area contributed by atoms with Gasteiger partial charge in [-0.1, -0.05) is 39.0 Å². The zero-order valence-corrected chi connectivity index (χ0v) is 22.5. The molecular formula is C29H34N4O3S. The largest absolute Gasteiger partial charge is 0.348 e. The monoisotopic (exact) mass is 518 g/mol. The number of hydrogen-bond acceptors (Lipinski definition) is 6. The van der Waals surface area contributed by atoms with Crippen LogP contribution in [0.2, 0.25) is 0 Å². The standard InChI is InChI=1S/C29H34N4O3S/c1-4-37(35,36)25-10-5-20(6-11-25)14-30-28(34)22-9-12-26-23(13-22)17-33(18-27(26)19(2)3)29-31-15-24(16-32-29)21-7-8-21/h5-6,9-13,15-16,19,21,27H,4,7-8,14,17-18H2,1-3H3,(H,30,34). The van der Waals surface area contributed by atoms with Gasteiger partial charge in [0.05, 0.1) is 10.6 Å². The molecule has 8 heteroatoms. The second kappa shape index (κ2) is 10.2. The van der Waals surface area contributed by atoms with Crippen molar-refractivity contribution >= 4 is 21.7 Å². The summed E-state index contributed by atoms with van der Waals surface area (Å²) >= 11 is 0. The smallest absolute Gasteiger partial charge is 0.251 e. The summed E-state index contributed by atoms with van der Waals surface area (Å²) in [5, 5.41) is 2.97. The average Bonchev–Trinajstić information content (AvgIpc) is 3.77. The molecule has 1 aliphatic heterocycles. The predicted molar refractivity (Wildman–Crippen MR) is 144 cm³/mol. The molecule has 0 spiro atoms. The Morgan fingerprint density at radius 1 is 1.08 bits per heavy atom. The first kappa shape index (κ1) is 25.4. The Balaban J connectivity index is 1.30. The summed E-state index contributed by atoms with van der Waals surface area (Å²) in [6.07, 6.45) is 6.39. The summed E-state index contributed by atoms with van der Waals surface area (Å²) in [4.78, 5) is 24.9. The van der Waals surface area contributed by atoms with Gasteiger partial charge in [0.2, 0.25) is 5.95 Å². The molecule has 5 rings (SSSR count). The second-order valence-corrected chi connectivity index (χ2v) is 12.7. The number of amides is 1. The quantitative estimate of drug-likeness (QED) is 0.459. The minimum Gasteiger partial charge on any atom is -0.348 e. The maximum Gasteiger partial charge on any atom is 0.251 e. The van der Waals surface area contributed by atoms with Crippen molar-refractivity contribution in [3.05, 3.63) is 82.7 Å². The topological polar surface area (TPSA) is 92.3 Å². The van der Waals surface area contributed by atoms with Crippen molar-refractivity contribution in [3.63, 3.8) is 0 Å². The molecule has 1 amide bonds. The summed E-state index contributed by atoms with van der Waals surface area (Å²) in [7, 11) is -3.24. The van der Waals surface area contributed by atoms with Crippen LogP contribution < -0.4 is 10.2 Å². The van der Waals surface area contributed by atoms with Gasteiger partial charge in [0.25, 0.3) is 5.91 Å². The molecule has 1 unspecified atom stereocenters. The summed E-state index contributed by atoms with van der Waals surface area (Å²) in [5.41, 5.74) is 5.09. The third-order valence-corrected chi connectivity index (χ3v) is 9.24. The van der Waals surface area contributed by atoms with Crippen LogP contribution in [-0.2, 0) is 22.9 Å². The molecule has 1 aromatic heterocycles. The fourth-order valence-electron chi connectivity index (χ4n) is 4.96. The third-order valence-electron chi connectivity index (χ3n) is 7.49. The first-order valence-corrected chi connectivity index (χ1v) is 14.7. The molecule has 2 aliphatic rings. The van der Waals surface area contributed by atoms with Crippen LogP contribution in [0.1, 0.15) is 78.1 Å². The van der Waals surface area contributed by atoms with Crippen LogP contribution in [0.25, 0.3) is 0 Å². The number of aromatic nitrogens is 2. The number of nitrogens with one attached hydrogen (secondary N) is 1. The summed E-state index contributed by atoms with van der Waals surface area (Å²) in [6, 6.07) is 12.7. The lowest BCUT2D eigenvalue weighted by atomic mass is 9.82. The lowest BCUT2D eigenvalue weighted by Crippen LogP contribution is -2.37. The average molecular weight is 519 g/mol. The van der Waals surface area contributed by atoms with E-state index in [0.717, 1.165) is 23.6 Å². The number of anilines is 1. The van der Waals surface area contributed by atoms with Gasteiger partial charge in [0.1, 0.15) is 0 Å². The van der Waals surface area contributed by atoms with Crippen LogP contribution in [-0.4, -0.2) is 36.6 Å². The Kier molecular flexibility index (Phi) is 7.03. The highest BCUT2D eigenvalue weighted by Crippen LogP contribution is 2.40. The molecule has 0 radical (unpaired) electrons. The molecule has 1 fully saturated rings. The number of fused-ring (bicyclic) bond motifs is 1. The summed E-state index contributed by atoms with van der Waals surface area (Å²) < 4.78 is 24.0. The molecule has 2 aromatic carbocycles. The van der Waals surface area contributed by atoms with Crippen molar-refractivity contribution in [2.75, 3.05) is 17.2 Å². The Morgan fingerprint density at radius 2 is 1.78 bits per heavy atom. The normalized spacial score (nSPS) is 17.5. The maximum atomic E-state index is 13.0. The Hall–Kier alpha value is -3.26. The number of nitrogens with zero attached hydrogens (tertiary/aromatic N) is 3. The predicted octanol–water partition coefficient (Wildman–Crippen LogP) is 4.84. The molecular weight excluding hydrogens is 484 g/mol. The van der Waals surface area contributed by atoms with Gasteiger partial charge in [-0.05, 0) is 71.2 Å². The second-order valence-electron chi connectivity index (χ2n) is 10.5. The highest BCUT2D eigenvalue weighted by molar-refractivity contribution is 7.91. The van der Waals surface area contributed by atoms with Crippen LogP contribution in [0.3, 0.4) is 0 Å². The first-order valence-electron chi connectivity index (χ1n) is 13.0. The van der Waals surface area contributed by atoms with Gasteiger partial charge in [0.15, 0.2) is 9.84 Å². The van der Waals surface area contributed by atoms with Crippen molar-refractivity contribution < 1.29 is 13.2 Å². The number of hydrogen-bond donors (Lipinski definition) is 1. The highest BCUT2D eigenvalue weighted by Gasteiger charge is 2.30. The van der Waals surface area contributed by atoms with Crippen LogP contribution in [0.15, 0.2) is 59.8 Å². The van der Waals surface area contributed by atoms with E-state index in [4.69, 9.17) is 0 Å².